The third-order valence-electron chi connectivity index (χ3n) is 3.09. The Morgan fingerprint density at radius 2 is 2.42 bits per heavy atom. The first kappa shape index (κ1) is 13.8. The minimum absolute atomic E-state index is 0.0237. The largest absolute Gasteiger partial charge is 0.398 e. The lowest BCUT2D eigenvalue weighted by Gasteiger charge is -2.30. The molecular formula is C13H18FN3O2. The van der Waals surface area contributed by atoms with Gasteiger partial charge in [0.1, 0.15) is 5.82 Å². The van der Waals surface area contributed by atoms with E-state index in [0.29, 0.717) is 13.2 Å². The van der Waals surface area contributed by atoms with E-state index >= 15 is 0 Å². The van der Waals surface area contributed by atoms with Gasteiger partial charge in [0.05, 0.1) is 18.3 Å². The molecule has 1 heterocycles. The topological polar surface area (TPSA) is 67.6 Å². The van der Waals surface area contributed by atoms with Crippen LogP contribution in [0.2, 0.25) is 0 Å². The van der Waals surface area contributed by atoms with E-state index in [1.54, 1.807) is 0 Å². The number of ether oxygens (including phenoxy) is 1. The molecule has 5 nitrogen and oxygen atoms in total. The second-order valence-electron chi connectivity index (χ2n) is 4.70. The maximum atomic E-state index is 12.9. The lowest BCUT2D eigenvalue weighted by Crippen LogP contribution is -2.46. The van der Waals surface area contributed by atoms with E-state index in [9.17, 15) is 9.18 Å². The molecular weight excluding hydrogens is 249 g/mol. The monoisotopic (exact) mass is 267 g/mol. The molecule has 0 aromatic heterocycles. The van der Waals surface area contributed by atoms with Crippen LogP contribution in [0.4, 0.5) is 10.1 Å². The number of rotatable bonds is 3. The minimum Gasteiger partial charge on any atom is -0.398 e. The first-order valence-corrected chi connectivity index (χ1v) is 6.19. The number of nitrogens with zero attached hydrogens (tertiary/aromatic N) is 1. The summed E-state index contributed by atoms with van der Waals surface area (Å²) in [5.74, 6) is -0.763. The molecule has 1 atom stereocenters. The number of benzene rings is 1. The molecule has 3 N–H and O–H groups in total. The number of carbonyl (C=O) groups is 1. The molecule has 2 rings (SSSR count). The Balaban J connectivity index is 1.90. The van der Waals surface area contributed by atoms with Gasteiger partial charge in [0.15, 0.2) is 0 Å². The number of amides is 1. The van der Waals surface area contributed by atoms with Crippen LogP contribution in [0, 0.1) is 5.82 Å². The summed E-state index contributed by atoms with van der Waals surface area (Å²) >= 11 is 0. The molecule has 19 heavy (non-hydrogen) atoms. The van der Waals surface area contributed by atoms with Crippen LogP contribution in [-0.4, -0.2) is 50.2 Å². The summed E-state index contributed by atoms with van der Waals surface area (Å²) < 4.78 is 18.4. The van der Waals surface area contributed by atoms with Gasteiger partial charge in [-0.2, -0.15) is 0 Å². The molecule has 1 fully saturated rings. The van der Waals surface area contributed by atoms with Crippen LogP contribution in [0.15, 0.2) is 18.2 Å². The molecule has 0 saturated carbocycles. The van der Waals surface area contributed by atoms with E-state index in [4.69, 9.17) is 10.5 Å². The molecule has 6 heteroatoms. The van der Waals surface area contributed by atoms with Gasteiger partial charge in [0.25, 0.3) is 5.91 Å². The van der Waals surface area contributed by atoms with Gasteiger partial charge in [0.2, 0.25) is 0 Å². The fourth-order valence-electron chi connectivity index (χ4n) is 2.03. The highest BCUT2D eigenvalue weighted by atomic mass is 19.1. The number of morpholine rings is 1. The van der Waals surface area contributed by atoms with E-state index in [-0.39, 0.29) is 23.3 Å². The highest BCUT2D eigenvalue weighted by molar-refractivity contribution is 5.99. The van der Waals surface area contributed by atoms with Crippen molar-refractivity contribution in [1.82, 2.24) is 10.2 Å². The van der Waals surface area contributed by atoms with Gasteiger partial charge in [-0.25, -0.2) is 4.39 Å². The molecule has 0 bridgehead atoms. The predicted octanol–water partition coefficient (Wildman–Crippen LogP) is 0.468. The van der Waals surface area contributed by atoms with Crippen LogP contribution in [0.3, 0.4) is 0 Å². The lowest BCUT2D eigenvalue weighted by molar-refractivity contribution is -0.0174. The third-order valence-corrected chi connectivity index (χ3v) is 3.09. The number of nitrogens with one attached hydrogen (secondary N) is 1. The number of nitrogens with two attached hydrogens (primary N) is 1. The molecule has 0 radical (unpaired) electrons. The van der Waals surface area contributed by atoms with E-state index in [0.717, 1.165) is 19.2 Å². The molecule has 1 aliphatic rings. The Hall–Kier alpha value is -1.66. The van der Waals surface area contributed by atoms with Crippen LogP contribution < -0.4 is 11.1 Å². The number of anilines is 1. The molecule has 0 aliphatic carbocycles. The lowest BCUT2D eigenvalue weighted by atomic mass is 10.1. The highest BCUT2D eigenvalue weighted by Crippen LogP contribution is 2.13. The van der Waals surface area contributed by atoms with E-state index in [1.165, 1.54) is 12.1 Å². The normalized spacial score (nSPS) is 20.2. The van der Waals surface area contributed by atoms with E-state index in [1.807, 2.05) is 7.05 Å². The van der Waals surface area contributed by atoms with Crippen LogP contribution in [0.1, 0.15) is 10.4 Å². The maximum Gasteiger partial charge on any atom is 0.253 e. The smallest absolute Gasteiger partial charge is 0.253 e. The number of carbonyl (C=O) groups excluding carboxylic acids is 1. The molecule has 1 amide bonds. The first-order chi connectivity index (χ1) is 9.06. The van der Waals surface area contributed by atoms with E-state index < -0.39 is 5.82 Å². The summed E-state index contributed by atoms with van der Waals surface area (Å²) in [5.41, 5.74) is 6.03. The van der Waals surface area contributed by atoms with Gasteiger partial charge in [-0.05, 0) is 25.2 Å². The first-order valence-electron chi connectivity index (χ1n) is 6.19. The van der Waals surface area contributed by atoms with Gasteiger partial charge in [-0.3, -0.25) is 4.79 Å². The van der Waals surface area contributed by atoms with Crippen LogP contribution in [0.5, 0.6) is 0 Å². The van der Waals surface area contributed by atoms with E-state index in [2.05, 4.69) is 10.2 Å². The van der Waals surface area contributed by atoms with Crippen molar-refractivity contribution in [2.24, 2.45) is 0 Å². The fraction of sp³-hybridized carbons (Fsp3) is 0.462. The fourth-order valence-corrected chi connectivity index (χ4v) is 2.03. The van der Waals surface area contributed by atoms with Gasteiger partial charge in [-0.1, -0.05) is 0 Å². The van der Waals surface area contributed by atoms with Crippen molar-refractivity contribution in [3.05, 3.63) is 29.6 Å². The van der Waals surface area contributed by atoms with Crippen molar-refractivity contribution < 1.29 is 13.9 Å². The zero-order chi connectivity index (χ0) is 13.8. The number of hydrogen-bond acceptors (Lipinski definition) is 4. The Labute approximate surface area is 111 Å². The third kappa shape index (κ3) is 3.65. The molecule has 1 aromatic rings. The number of nitrogen functional groups attached to an aromatic ring is 1. The minimum atomic E-state index is -0.453. The van der Waals surface area contributed by atoms with Crippen molar-refractivity contribution >= 4 is 11.6 Å². The van der Waals surface area contributed by atoms with Crippen LogP contribution in [0.25, 0.3) is 0 Å². The summed E-state index contributed by atoms with van der Waals surface area (Å²) in [5, 5.41) is 2.76. The second-order valence-corrected chi connectivity index (χ2v) is 4.70. The standard InChI is InChI=1S/C13H18FN3O2/c1-17-4-5-19-10(8-17)7-16-13(18)11-3-2-9(14)6-12(11)15/h2-3,6,10H,4-5,7-8,15H2,1H3,(H,16,18). The molecule has 1 aromatic carbocycles. The summed E-state index contributed by atoms with van der Waals surface area (Å²) in [4.78, 5) is 14.1. The zero-order valence-corrected chi connectivity index (χ0v) is 10.9. The van der Waals surface area contributed by atoms with Gasteiger partial charge >= 0.3 is 0 Å². The van der Waals surface area contributed by atoms with Crippen molar-refractivity contribution in [2.75, 3.05) is 39.0 Å². The van der Waals surface area contributed by atoms with Crippen molar-refractivity contribution in [3.8, 4) is 0 Å². The number of halogens is 1. The summed E-state index contributed by atoms with van der Waals surface area (Å²) in [7, 11) is 2.01. The molecule has 1 aliphatic heterocycles. The zero-order valence-electron chi connectivity index (χ0n) is 10.9. The summed E-state index contributed by atoms with van der Waals surface area (Å²) in [6.07, 6.45) is -0.0237. The molecule has 1 unspecified atom stereocenters. The Kier molecular flexibility index (Phi) is 4.34. The highest BCUT2D eigenvalue weighted by Gasteiger charge is 2.19. The average molecular weight is 267 g/mol. The molecule has 104 valence electrons. The Morgan fingerprint density at radius 1 is 1.63 bits per heavy atom. The van der Waals surface area contributed by atoms with Crippen LogP contribution >= 0.6 is 0 Å². The van der Waals surface area contributed by atoms with Crippen LogP contribution in [-0.2, 0) is 4.74 Å². The quantitative estimate of drug-likeness (QED) is 0.781. The Bertz CT molecular complexity index is 467. The second kappa shape index (κ2) is 5.99. The summed E-state index contributed by atoms with van der Waals surface area (Å²) in [6.45, 7) is 2.75. The SMILES string of the molecule is CN1CCOC(CNC(=O)c2ccc(F)cc2N)C1. The predicted molar refractivity (Wildman–Crippen MR) is 70.4 cm³/mol. The average Bonchev–Trinajstić information content (AvgIpc) is 2.36. The summed E-state index contributed by atoms with van der Waals surface area (Å²) in [6, 6.07) is 3.74. The Morgan fingerprint density at radius 3 is 3.11 bits per heavy atom. The van der Waals surface area contributed by atoms with Gasteiger partial charge in [-0.15, -0.1) is 0 Å². The van der Waals surface area contributed by atoms with Crippen molar-refractivity contribution in [2.45, 2.75) is 6.10 Å². The van der Waals surface area contributed by atoms with Gasteiger partial charge in [0, 0.05) is 25.3 Å². The maximum absolute atomic E-state index is 12.9. The number of likely N-dealkylation sites (N-methyl/N-ethyl adjacent to an activating group) is 1. The molecule has 0 spiro atoms. The van der Waals surface area contributed by atoms with Crippen molar-refractivity contribution in [3.63, 3.8) is 0 Å². The number of hydrogen-bond donors (Lipinski definition) is 2. The molecule has 1 saturated heterocycles. The van der Waals surface area contributed by atoms with Crippen molar-refractivity contribution in [1.29, 1.82) is 0 Å². The van der Waals surface area contributed by atoms with Gasteiger partial charge < -0.3 is 20.7 Å².